The molecule has 0 radical (unpaired) electrons. The Balaban J connectivity index is 2.45. The van der Waals surface area contributed by atoms with Crippen molar-refractivity contribution >= 4 is 44.8 Å². The first kappa shape index (κ1) is 23.4. The zero-order valence-corrected chi connectivity index (χ0v) is 18.5. The summed E-state index contributed by atoms with van der Waals surface area (Å²) in [6.07, 6.45) is 0. The normalized spacial score (nSPS) is 11.6. The summed E-state index contributed by atoms with van der Waals surface area (Å²) in [5.41, 5.74) is 0.0613. The molecule has 0 unspecified atom stereocenters. The van der Waals surface area contributed by atoms with Crippen LogP contribution in [0.4, 0.5) is 10.1 Å². The summed E-state index contributed by atoms with van der Waals surface area (Å²) in [5.74, 6) is -1.33. The van der Waals surface area contributed by atoms with Crippen molar-refractivity contribution in [3.8, 4) is 5.75 Å². The molecule has 0 aliphatic rings. The van der Waals surface area contributed by atoms with Gasteiger partial charge in [0.1, 0.15) is 16.5 Å². The van der Waals surface area contributed by atoms with Gasteiger partial charge in [0.25, 0.3) is 5.91 Å². The molecule has 10 heteroatoms. The first-order valence-electron chi connectivity index (χ1n) is 8.88. The van der Waals surface area contributed by atoms with Crippen molar-refractivity contribution in [3.63, 3.8) is 0 Å². The molecular weight excluding hydrogens is 442 g/mol. The number of carbonyl (C=O) groups excluding carboxylic acids is 1. The van der Waals surface area contributed by atoms with Crippen LogP contribution in [-0.4, -0.2) is 38.3 Å². The molecule has 0 fully saturated rings. The number of anilines is 1. The molecule has 1 N–H and O–H groups in total. The van der Waals surface area contributed by atoms with Gasteiger partial charge in [-0.05, 0) is 37.3 Å². The number of carbonyl (C=O) groups is 1. The van der Waals surface area contributed by atoms with Crippen molar-refractivity contribution in [2.45, 2.75) is 25.7 Å². The van der Waals surface area contributed by atoms with Crippen LogP contribution in [0.1, 0.15) is 31.1 Å². The molecule has 0 aliphatic carbocycles. The molecule has 158 valence electrons. The molecule has 0 bridgehead atoms. The second-order valence-corrected chi connectivity index (χ2v) is 8.60. The summed E-state index contributed by atoms with van der Waals surface area (Å²) in [4.78, 5) is 12.4. The Kier molecular flexibility index (Phi) is 7.87. The van der Waals surface area contributed by atoms with Crippen molar-refractivity contribution in [2.24, 2.45) is 0 Å². The molecule has 0 aromatic heterocycles. The Labute approximate surface area is 179 Å². The smallest absolute Gasteiger partial charge is 0.257 e. The number of rotatable bonds is 8. The second-order valence-electron chi connectivity index (χ2n) is 5.88. The minimum Gasteiger partial charge on any atom is -0.492 e. The maximum atomic E-state index is 13.7. The van der Waals surface area contributed by atoms with E-state index in [0.717, 1.165) is 12.1 Å². The monoisotopic (exact) mass is 462 g/mol. The number of benzene rings is 2. The number of hydrogen-bond acceptors (Lipinski definition) is 4. The SMILES string of the molecule is CCOc1ccc(NC(=O)c2cc(F)c(Cl)cc2Cl)cc1S(=O)(=O)N(CC)CC. The molecular formula is C19H21Cl2FN2O4S. The lowest BCUT2D eigenvalue weighted by Gasteiger charge is -2.21. The summed E-state index contributed by atoms with van der Waals surface area (Å²) in [5, 5.41) is 2.29. The number of hydrogen-bond donors (Lipinski definition) is 1. The zero-order chi connectivity index (χ0) is 21.8. The van der Waals surface area contributed by atoms with E-state index in [1.165, 1.54) is 22.5 Å². The highest BCUT2D eigenvalue weighted by molar-refractivity contribution is 7.89. The van der Waals surface area contributed by atoms with E-state index in [4.69, 9.17) is 27.9 Å². The Morgan fingerprint density at radius 3 is 2.34 bits per heavy atom. The molecule has 0 spiro atoms. The highest BCUT2D eigenvalue weighted by Gasteiger charge is 2.26. The van der Waals surface area contributed by atoms with Gasteiger partial charge >= 0.3 is 0 Å². The van der Waals surface area contributed by atoms with Gasteiger partial charge < -0.3 is 10.1 Å². The van der Waals surface area contributed by atoms with Crippen LogP contribution in [0, 0.1) is 5.82 Å². The summed E-state index contributed by atoms with van der Waals surface area (Å²) in [6, 6.07) is 6.30. The molecule has 2 rings (SSSR count). The highest BCUT2D eigenvalue weighted by atomic mass is 35.5. The van der Waals surface area contributed by atoms with Gasteiger partial charge in [-0.2, -0.15) is 4.31 Å². The third kappa shape index (κ3) is 5.19. The molecule has 2 aromatic rings. The van der Waals surface area contributed by atoms with E-state index < -0.39 is 21.7 Å². The lowest BCUT2D eigenvalue weighted by atomic mass is 10.2. The van der Waals surface area contributed by atoms with Crippen LogP contribution in [0.3, 0.4) is 0 Å². The lowest BCUT2D eigenvalue weighted by Crippen LogP contribution is -2.31. The van der Waals surface area contributed by atoms with Crippen molar-refractivity contribution in [1.82, 2.24) is 4.31 Å². The summed E-state index contributed by atoms with van der Waals surface area (Å²) in [6.45, 7) is 6.02. The Hall–Kier alpha value is -1.87. The zero-order valence-electron chi connectivity index (χ0n) is 16.1. The number of nitrogens with one attached hydrogen (secondary N) is 1. The fourth-order valence-corrected chi connectivity index (χ4v) is 4.74. The highest BCUT2D eigenvalue weighted by Crippen LogP contribution is 2.31. The Morgan fingerprint density at radius 2 is 1.76 bits per heavy atom. The number of amides is 1. The molecule has 0 heterocycles. The number of ether oxygens (including phenoxy) is 1. The van der Waals surface area contributed by atoms with E-state index in [9.17, 15) is 17.6 Å². The van der Waals surface area contributed by atoms with Crippen molar-refractivity contribution in [3.05, 3.63) is 51.8 Å². The average Bonchev–Trinajstić information content (AvgIpc) is 2.66. The third-order valence-corrected chi connectivity index (χ3v) is 6.75. The number of sulfonamides is 1. The average molecular weight is 463 g/mol. The van der Waals surface area contributed by atoms with Gasteiger partial charge in [-0.15, -0.1) is 0 Å². The Bertz CT molecular complexity index is 1010. The fraction of sp³-hybridized carbons (Fsp3) is 0.316. The van der Waals surface area contributed by atoms with Crippen molar-refractivity contribution in [2.75, 3.05) is 25.0 Å². The summed E-state index contributed by atoms with van der Waals surface area (Å²) < 4.78 is 46.4. The minimum absolute atomic E-state index is 0.0316. The molecule has 2 aromatic carbocycles. The first-order chi connectivity index (χ1) is 13.6. The lowest BCUT2D eigenvalue weighted by molar-refractivity contribution is 0.102. The third-order valence-electron chi connectivity index (χ3n) is 4.08. The first-order valence-corrected chi connectivity index (χ1v) is 11.1. The van der Waals surface area contributed by atoms with Gasteiger partial charge in [0.2, 0.25) is 10.0 Å². The van der Waals surface area contributed by atoms with Crippen LogP contribution in [0.15, 0.2) is 35.2 Å². The molecule has 6 nitrogen and oxygen atoms in total. The van der Waals surface area contributed by atoms with Gasteiger partial charge in [-0.25, -0.2) is 12.8 Å². The van der Waals surface area contributed by atoms with Crippen LogP contribution in [-0.2, 0) is 10.0 Å². The summed E-state index contributed by atoms with van der Waals surface area (Å²) in [7, 11) is -3.84. The number of halogens is 3. The standard InChI is InChI=1S/C19H21Cl2FN2O4S/c1-4-24(5-2)29(26,27)18-9-12(7-8-17(18)28-6-3)23-19(25)13-10-16(22)15(21)11-14(13)20/h7-11H,4-6H2,1-3H3,(H,23,25). The van der Waals surface area contributed by atoms with Crippen LogP contribution in [0.25, 0.3) is 0 Å². The molecule has 0 saturated carbocycles. The van der Waals surface area contributed by atoms with Gasteiger partial charge in [-0.1, -0.05) is 37.0 Å². The predicted molar refractivity (Wildman–Crippen MR) is 112 cm³/mol. The number of nitrogens with zero attached hydrogens (tertiary/aromatic N) is 1. The van der Waals surface area contributed by atoms with E-state index >= 15 is 0 Å². The van der Waals surface area contributed by atoms with Crippen LogP contribution in [0.2, 0.25) is 10.0 Å². The van der Waals surface area contributed by atoms with E-state index in [0.29, 0.717) is 0 Å². The van der Waals surface area contributed by atoms with Crippen LogP contribution in [0.5, 0.6) is 5.75 Å². The van der Waals surface area contributed by atoms with Crippen LogP contribution < -0.4 is 10.1 Å². The molecule has 1 amide bonds. The molecule has 0 atom stereocenters. The maximum Gasteiger partial charge on any atom is 0.257 e. The van der Waals surface area contributed by atoms with E-state index in [-0.39, 0.29) is 51.6 Å². The maximum absolute atomic E-state index is 13.7. The fourth-order valence-electron chi connectivity index (χ4n) is 2.66. The molecule has 0 aliphatic heterocycles. The van der Waals surface area contributed by atoms with Gasteiger partial charge in [-0.3, -0.25) is 4.79 Å². The summed E-state index contributed by atoms with van der Waals surface area (Å²) >= 11 is 11.6. The van der Waals surface area contributed by atoms with Gasteiger partial charge in [0.05, 0.1) is 22.2 Å². The molecule has 0 saturated heterocycles. The van der Waals surface area contributed by atoms with E-state index in [1.54, 1.807) is 20.8 Å². The van der Waals surface area contributed by atoms with Crippen molar-refractivity contribution in [1.29, 1.82) is 0 Å². The minimum atomic E-state index is -3.84. The van der Waals surface area contributed by atoms with Crippen LogP contribution >= 0.6 is 23.2 Å². The quantitative estimate of drug-likeness (QED) is 0.570. The topological polar surface area (TPSA) is 75.7 Å². The van der Waals surface area contributed by atoms with Gasteiger partial charge in [0, 0.05) is 18.8 Å². The molecule has 29 heavy (non-hydrogen) atoms. The van der Waals surface area contributed by atoms with E-state index in [2.05, 4.69) is 5.32 Å². The Morgan fingerprint density at radius 1 is 1.10 bits per heavy atom. The van der Waals surface area contributed by atoms with Gasteiger partial charge in [0.15, 0.2) is 0 Å². The van der Waals surface area contributed by atoms with E-state index in [1.807, 2.05) is 0 Å². The second kappa shape index (κ2) is 9.75. The predicted octanol–water partition coefficient (Wildman–Crippen LogP) is 4.81. The van der Waals surface area contributed by atoms with Crippen molar-refractivity contribution < 1.29 is 22.3 Å². The largest absolute Gasteiger partial charge is 0.492 e.